The first kappa shape index (κ1) is 9.04. The predicted octanol–water partition coefficient (Wildman–Crippen LogP) is 2.41. The first-order valence-corrected chi connectivity index (χ1v) is 4.83. The Morgan fingerprint density at radius 2 is 2.45 bits per heavy atom. The van der Waals surface area contributed by atoms with E-state index in [0.29, 0.717) is 5.92 Å². The molecule has 1 rings (SSSR count). The van der Waals surface area contributed by atoms with Crippen LogP contribution < -0.4 is 0 Å². The van der Waals surface area contributed by atoms with Crippen LogP contribution in [0.5, 0.6) is 0 Å². The van der Waals surface area contributed by atoms with E-state index in [2.05, 4.69) is 22.9 Å². The number of hydrogen-bond acceptors (Lipinski definition) is 1. The molecule has 2 unspecified atom stereocenters. The minimum absolute atomic E-state index is 0.375. The molecule has 3 heteroatoms. The third-order valence-electron chi connectivity index (χ3n) is 2.29. The molecular formula is C8H13BrO2. The number of aliphatic carboxylic acids is 1. The number of carbonyl (C=O) groups is 1. The lowest BCUT2D eigenvalue weighted by Gasteiger charge is -2.01. The average molecular weight is 221 g/mol. The number of hydrogen-bond donors (Lipinski definition) is 1. The van der Waals surface area contributed by atoms with E-state index in [0.717, 1.165) is 25.7 Å². The van der Waals surface area contributed by atoms with Crippen LogP contribution in [0.1, 0.15) is 32.6 Å². The average Bonchev–Trinajstić information content (AvgIpc) is 2.59. The van der Waals surface area contributed by atoms with E-state index in [-0.39, 0.29) is 0 Å². The third-order valence-corrected chi connectivity index (χ3v) is 3.60. The fourth-order valence-corrected chi connectivity index (χ4v) is 1.96. The van der Waals surface area contributed by atoms with Crippen molar-refractivity contribution in [2.75, 3.05) is 0 Å². The van der Waals surface area contributed by atoms with Gasteiger partial charge in [-0.25, -0.2) is 0 Å². The van der Waals surface area contributed by atoms with E-state index in [9.17, 15) is 4.79 Å². The largest absolute Gasteiger partial charge is 0.480 e. The van der Waals surface area contributed by atoms with E-state index in [4.69, 9.17) is 5.11 Å². The molecule has 0 bridgehead atoms. The summed E-state index contributed by atoms with van der Waals surface area (Å²) in [7, 11) is 0. The summed E-state index contributed by atoms with van der Waals surface area (Å²) in [4.78, 5) is 10.6. The first-order valence-electron chi connectivity index (χ1n) is 4.03. The zero-order valence-corrected chi connectivity index (χ0v) is 8.23. The molecule has 0 heterocycles. The molecule has 2 nitrogen and oxygen atoms in total. The van der Waals surface area contributed by atoms with Crippen molar-refractivity contribution in [2.24, 2.45) is 5.92 Å². The number of halogens is 1. The topological polar surface area (TPSA) is 37.3 Å². The van der Waals surface area contributed by atoms with Crippen LogP contribution in [-0.2, 0) is 4.79 Å². The minimum Gasteiger partial charge on any atom is -0.480 e. The van der Waals surface area contributed by atoms with Gasteiger partial charge < -0.3 is 5.11 Å². The minimum atomic E-state index is -0.696. The van der Waals surface area contributed by atoms with E-state index in [1.807, 2.05) is 0 Å². The lowest BCUT2D eigenvalue weighted by molar-refractivity contribution is -0.137. The molecule has 0 aliphatic heterocycles. The summed E-state index contributed by atoms with van der Waals surface area (Å²) in [6.07, 6.45) is 4.15. The Morgan fingerprint density at radius 1 is 1.82 bits per heavy atom. The maximum absolute atomic E-state index is 10.6. The SMILES string of the molecule is CCCCC1CC1(Br)C(=O)O. The molecule has 1 saturated carbocycles. The predicted molar refractivity (Wildman–Crippen MR) is 46.9 cm³/mol. The van der Waals surface area contributed by atoms with Crippen molar-refractivity contribution in [3.63, 3.8) is 0 Å². The Hall–Kier alpha value is -0.0500. The molecule has 0 aromatic carbocycles. The summed E-state index contributed by atoms with van der Waals surface area (Å²) in [5.41, 5.74) is 0. The van der Waals surface area contributed by atoms with Crippen LogP contribution in [0.3, 0.4) is 0 Å². The number of rotatable bonds is 4. The van der Waals surface area contributed by atoms with Gasteiger partial charge in [-0.15, -0.1) is 0 Å². The van der Waals surface area contributed by atoms with Crippen LogP contribution in [0.4, 0.5) is 0 Å². The standard InChI is InChI=1S/C8H13BrO2/c1-2-3-4-6-5-8(6,9)7(10)11/h6H,2-5H2,1H3,(H,10,11). The van der Waals surface area contributed by atoms with Crippen LogP contribution in [-0.4, -0.2) is 15.4 Å². The molecule has 1 aliphatic carbocycles. The van der Waals surface area contributed by atoms with Crippen molar-refractivity contribution in [3.8, 4) is 0 Å². The number of carboxylic acid groups (broad SMARTS) is 1. The molecule has 1 aliphatic rings. The van der Waals surface area contributed by atoms with Gasteiger partial charge in [-0.2, -0.15) is 0 Å². The van der Waals surface area contributed by atoms with Gasteiger partial charge in [0.15, 0.2) is 0 Å². The Kier molecular flexibility index (Phi) is 2.58. The first-order chi connectivity index (χ1) is 5.11. The van der Waals surface area contributed by atoms with Crippen LogP contribution in [0, 0.1) is 5.92 Å². The summed E-state index contributed by atoms with van der Waals surface area (Å²) >= 11 is 3.25. The monoisotopic (exact) mass is 220 g/mol. The fourth-order valence-electron chi connectivity index (χ4n) is 1.34. The molecule has 0 aromatic heterocycles. The molecule has 0 spiro atoms. The van der Waals surface area contributed by atoms with E-state index in [1.54, 1.807) is 0 Å². The van der Waals surface area contributed by atoms with Crippen molar-refractivity contribution in [2.45, 2.75) is 36.9 Å². The molecule has 0 radical (unpaired) electrons. The van der Waals surface area contributed by atoms with Gasteiger partial charge in [0.25, 0.3) is 0 Å². The van der Waals surface area contributed by atoms with Gasteiger partial charge >= 0.3 is 5.97 Å². The quantitative estimate of drug-likeness (QED) is 0.740. The van der Waals surface area contributed by atoms with Crippen LogP contribution in [0.25, 0.3) is 0 Å². The smallest absolute Gasteiger partial charge is 0.320 e. The molecule has 64 valence electrons. The highest BCUT2D eigenvalue weighted by Gasteiger charge is 2.57. The van der Waals surface area contributed by atoms with Gasteiger partial charge in [0.1, 0.15) is 4.32 Å². The van der Waals surface area contributed by atoms with Gasteiger partial charge in [0, 0.05) is 0 Å². The van der Waals surface area contributed by atoms with Gasteiger partial charge in [0.2, 0.25) is 0 Å². The molecule has 0 amide bonds. The summed E-state index contributed by atoms with van der Waals surface area (Å²) in [5.74, 6) is -0.321. The fraction of sp³-hybridized carbons (Fsp3) is 0.875. The number of alkyl halides is 1. The van der Waals surface area contributed by atoms with E-state index in [1.165, 1.54) is 0 Å². The number of carboxylic acids is 1. The van der Waals surface area contributed by atoms with Gasteiger partial charge in [-0.3, -0.25) is 4.79 Å². The molecule has 1 N–H and O–H groups in total. The Labute approximate surface area is 75.1 Å². The molecular weight excluding hydrogens is 208 g/mol. The summed E-state index contributed by atoms with van der Waals surface area (Å²) in [6, 6.07) is 0. The van der Waals surface area contributed by atoms with Crippen LogP contribution >= 0.6 is 15.9 Å². The number of unbranched alkanes of at least 4 members (excludes halogenated alkanes) is 1. The Morgan fingerprint density at radius 3 is 2.82 bits per heavy atom. The summed E-state index contributed by atoms with van der Waals surface area (Å²) < 4.78 is -0.553. The van der Waals surface area contributed by atoms with E-state index < -0.39 is 10.3 Å². The second-order valence-electron chi connectivity index (χ2n) is 3.21. The van der Waals surface area contributed by atoms with Crippen molar-refractivity contribution >= 4 is 21.9 Å². The highest BCUT2D eigenvalue weighted by molar-refractivity contribution is 9.10. The highest BCUT2D eigenvalue weighted by Crippen LogP contribution is 2.53. The van der Waals surface area contributed by atoms with Crippen molar-refractivity contribution in [1.29, 1.82) is 0 Å². The van der Waals surface area contributed by atoms with Crippen molar-refractivity contribution < 1.29 is 9.90 Å². The second-order valence-corrected chi connectivity index (χ2v) is 4.63. The zero-order chi connectivity index (χ0) is 8.48. The van der Waals surface area contributed by atoms with Crippen molar-refractivity contribution in [3.05, 3.63) is 0 Å². The second kappa shape index (κ2) is 3.13. The van der Waals surface area contributed by atoms with Gasteiger partial charge in [-0.1, -0.05) is 35.7 Å². The van der Waals surface area contributed by atoms with Crippen molar-refractivity contribution in [1.82, 2.24) is 0 Å². The maximum Gasteiger partial charge on any atom is 0.320 e. The van der Waals surface area contributed by atoms with E-state index >= 15 is 0 Å². The van der Waals surface area contributed by atoms with Crippen LogP contribution in [0.2, 0.25) is 0 Å². The highest BCUT2D eigenvalue weighted by atomic mass is 79.9. The maximum atomic E-state index is 10.6. The molecule has 2 atom stereocenters. The molecule has 11 heavy (non-hydrogen) atoms. The molecule has 1 fully saturated rings. The third kappa shape index (κ3) is 1.75. The Balaban J connectivity index is 2.29. The zero-order valence-electron chi connectivity index (χ0n) is 6.64. The Bertz CT molecular complexity index is 169. The summed E-state index contributed by atoms with van der Waals surface area (Å²) in [6.45, 7) is 2.12. The molecule has 0 aromatic rings. The lowest BCUT2D eigenvalue weighted by atomic mass is 10.1. The lowest BCUT2D eigenvalue weighted by Crippen LogP contribution is -2.16. The normalized spacial score (nSPS) is 35.3. The van der Waals surface area contributed by atoms with Crippen LogP contribution in [0.15, 0.2) is 0 Å². The molecule has 0 saturated heterocycles. The summed E-state index contributed by atoms with van der Waals surface area (Å²) in [5, 5.41) is 8.74. The van der Waals surface area contributed by atoms with Gasteiger partial charge in [-0.05, 0) is 18.8 Å². The van der Waals surface area contributed by atoms with Gasteiger partial charge in [0.05, 0.1) is 0 Å².